The van der Waals surface area contributed by atoms with Gasteiger partial charge in [-0.15, -0.1) is 0 Å². The largest absolute Gasteiger partial charge is 0.493 e. The van der Waals surface area contributed by atoms with Crippen LogP contribution < -0.4 is 15.2 Å². The van der Waals surface area contributed by atoms with Gasteiger partial charge in [-0.05, 0) is 71.5 Å². The molecule has 1 aliphatic rings. The summed E-state index contributed by atoms with van der Waals surface area (Å²) in [6.07, 6.45) is 3.26. The normalized spacial score (nSPS) is 15.8. The van der Waals surface area contributed by atoms with Gasteiger partial charge in [-0.2, -0.15) is 0 Å². The van der Waals surface area contributed by atoms with E-state index < -0.39 is 0 Å². The summed E-state index contributed by atoms with van der Waals surface area (Å²) in [5.74, 6) is 1.07. The molecule has 0 radical (unpaired) electrons. The molecule has 0 aliphatic carbocycles. The minimum atomic E-state index is -0.225. The zero-order chi connectivity index (χ0) is 23.7. The number of nitrogens with zero attached hydrogens (tertiary/aromatic N) is 1. The maximum atomic E-state index is 13.1. The molecule has 34 heavy (non-hydrogen) atoms. The number of aryl methyl sites for hydroxylation is 1. The molecule has 2 heterocycles. The predicted octanol–water partition coefficient (Wildman–Crippen LogP) is 5.59. The molecular formula is C28H27FN2O3. The number of benzene rings is 3. The van der Waals surface area contributed by atoms with E-state index in [-0.39, 0.29) is 18.0 Å². The molecule has 5 rings (SSSR count). The van der Waals surface area contributed by atoms with Crippen LogP contribution in [0.1, 0.15) is 29.2 Å². The summed E-state index contributed by atoms with van der Waals surface area (Å²) >= 11 is 0. The van der Waals surface area contributed by atoms with Crippen molar-refractivity contribution in [3.05, 3.63) is 89.4 Å². The highest BCUT2D eigenvalue weighted by Gasteiger charge is 2.28. The van der Waals surface area contributed by atoms with Gasteiger partial charge in [0.05, 0.1) is 26.9 Å². The van der Waals surface area contributed by atoms with Gasteiger partial charge >= 0.3 is 0 Å². The van der Waals surface area contributed by atoms with E-state index in [0.29, 0.717) is 18.1 Å². The van der Waals surface area contributed by atoms with Gasteiger partial charge in [0.1, 0.15) is 11.3 Å². The first-order valence-corrected chi connectivity index (χ1v) is 11.3. The van der Waals surface area contributed by atoms with Crippen molar-refractivity contribution < 1.29 is 18.6 Å². The van der Waals surface area contributed by atoms with Gasteiger partial charge in [-0.25, -0.2) is 4.39 Å². The predicted molar refractivity (Wildman–Crippen MR) is 131 cm³/mol. The Morgan fingerprint density at radius 1 is 1.03 bits per heavy atom. The Labute approximate surface area is 198 Å². The van der Waals surface area contributed by atoms with Crippen LogP contribution in [0, 0.1) is 5.82 Å². The Hall–Kier alpha value is -3.48. The third kappa shape index (κ3) is 4.22. The number of aromatic nitrogens is 1. The highest BCUT2D eigenvalue weighted by molar-refractivity contribution is 5.90. The van der Waals surface area contributed by atoms with Crippen molar-refractivity contribution in [2.45, 2.75) is 31.6 Å². The molecule has 1 aliphatic heterocycles. The molecule has 0 amide bonds. The monoisotopic (exact) mass is 458 g/mol. The number of hydrogen-bond acceptors (Lipinski definition) is 5. The van der Waals surface area contributed by atoms with Crippen molar-refractivity contribution in [3.63, 3.8) is 0 Å². The number of pyridine rings is 1. The van der Waals surface area contributed by atoms with Crippen LogP contribution in [0.5, 0.6) is 11.5 Å². The molecule has 0 saturated carbocycles. The van der Waals surface area contributed by atoms with E-state index in [1.165, 1.54) is 12.1 Å². The molecule has 3 aromatic carbocycles. The van der Waals surface area contributed by atoms with E-state index in [9.17, 15) is 4.39 Å². The molecule has 2 atom stereocenters. The second-order valence-corrected chi connectivity index (χ2v) is 8.57. The first-order valence-electron chi connectivity index (χ1n) is 11.3. The van der Waals surface area contributed by atoms with Gasteiger partial charge in [-0.3, -0.25) is 4.98 Å². The fourth-order valence-electron chi connectivity index (χ4n) is 4.62. The number of nitrogens with two attached hydrogens (primary N) is 1. The zero-order valence-electron chi connectivity index (χ0n) is 19.3. The van der Waals surface area contributed by atoms with Crippen LogP contribution in [-0.4, -0.2) is 25.2 Å². The van der Waals surface area contributed by atoms with Crippen LogP contribution in [0.15, 0.2) is 66.9 Å². The molecule has 0 fully saturated rings. The summed E-state index contributed by atoms with van der Waals surface area (Å²) in [7, 11) is 3.24. The average Bonchev–Trinajstić information content (AvgIpc) is 3.30. The Balaban J connectivity index is 1.35. The summed E-state index contributed by atoms with van der Waals surface area (Å²) in [5.41, 5.74) is 12.7. The summed E-state index contributed by atoms with van der Waals surface area (Å²) in [5, 5.41) is 0.979. The third-order valence-electron chi connectivity index (χ3n) is 6.46. The lowest BCUT2D eigenvalue weighted by Gasteiger charge is -2.20. The van der Waals surface area contributed by atoms with Crippen molar-refractivity contribution in [1.82, 2.24) is 4.98 Å². The van der Waals surface area contributed by atoms with E-state index in [1.54, 1.807) is 26.4 Å². The summed E-state index contributed by atoms with van der Waals surface area (Å²) < 4.78 is 30.1. The highest BCUT2D eigenvalue weighted by Crippen LogP contribution is 2.38. The number of ether oxygens (including phenoxy) is 3. The zero-order valence-corrected chi connectivity index (χ0v) is 19.3. The van der Waals surface area contributed by atoms with E-state index in [0.717, 1.165) is 51.6 Å². The standard InChI is InChI=1S/C28H27FN2O3/c1-32-25-12-7-19-14-20(15-31-26(19)28(25)33-2)18-6-10-23-21(13-18)16-34-27(23)24(30)11-5-17-3-8-22(29)9-4-17/h3-4,6-10,12-15,24,27H,5,11,16,30H2,1-2H3. The van der Waals surface area contributed by atoms with Crippen molar-refractivity contribution in [2.75, 3.05) is 14.2 Å². The Morgan fingerprint density at radius 3 is 2.62 bits per heavy atom. The minimum absolute atomic E-state index is 0.137. The molecule has 1 aromatic heterocycles. The van der Waals surface area contributed by atoms with Crippen molar-refractivity contribution in [1.29, 1.82) is 0 Å². The van der Waals surface area contributed by atoms with Gasteiger partial charge < -0.3 is 19.9 Å². The van der Waals surface area contributed by atoms with E-state index >= 15 is 0 Å². The lowest BCUT2D eigenvalue weighted by molar-refractivity contribution is 0.0456. The smallest absolute Gasteiger partial charge is 0.187 e. The first kappa shape index (κ1) is 22.3. The van der Waals surface area contributed by atoms with E-state index in [4.69, 9.17) is 19.9 Å². The number of fused-ring (bicyclic) bond motifs is 2. The Morgan fingerprint density at radius 2 is 1.85 bits per heavy atom. The molecule has 5 nitrogen and oxygen atoms in total. The van der Waals surface area contributed by atoms with Gasteiger partial charge in [-0.1, -0.05) is 24.3 Å². The SMILES string of the molecule is COc1ccc2cc(-c3ccc4c(c3)COC4C(N)CCc3ccc(F)cc3)cnc2c1OC. The second-order valence-electron chi connectivity index (χ2n) is 8.57. The number of halogens is 1. The number of hydrogen-bond donors (Lipinski definition) is 1. The molecule has 0 bridgehead atoms. The topological polar surface area (TPSA) is 66.6 Å². The lowest BCUT2D eigenvalue weighted by atomic mass is 9.93. The van der Waals surface area contributed by atoms with Crippen LogP contribution in [-0.2, 0) is 17.8 Å². The molecule has 0 spiro atoms. The highest BCUT2D eigenvalue weighted by atomic mass is 19.1. The minimum Gasteiger partial charge on any atom is -0.493 e. The Kier molecular flexibility index (Phi) is 6.18. The quantitative estimate of drug-likeness (QED) is 0.391. The average molecular weight is 459 g/mol. The molecule has 6 heteroatoms. The molecule has 0 saturated heterocycles. The molecule has 2 N–H and O–H groups in total. The molecule has 174 valence electrons. The molecule has 2 unspecified atom stereocenters. The number of rotatable bonds is 7. The first-order chi connectivity index (χ1) is 16.6. The van der Waals surface area contributed by atoms with Gasteiger partial charge in [0.2, 0.25) is 0 Å². The number of methoxy groups -OCH3 is 2. The van der Waals surface area contributed by atoms with Gasteiger partial charge in [0.25, 0.3) is 0 Å². The van der Waals surface area contributed by atoms with Gasteiger partial charge in [0, 0.05) is 23.2 Å². The Bertz CT molecular complexity index is 1320. The maximum absolute atomic E-state index is 13.1. The van der Waals surface area contributed by atoms with Crippen LogP contribution in [0.3, 0.4) is 0 Å². The fourth-order valence-corrected chi connectivity index (χ4v) is 4.62. The summed E-state index contributed by atoms with van der Waals surface area (Å²) in [6.45, 7) is 0.532. The van der Waals surface area contributed by atoms with E-state index in [2.05, 4.69) is 29.2 Å². The van der Waals surface area contributed by atoms with Crippen LogP contribution in [0.25, 0.3) is 22.0 Å². The van der Waals surface area contributed by atoms with Crippen LogP contribution >= 0.6 is 0 Å². The van der Waals surface area contributed by atoms with Crippen LogP contribution in [0.4, 0.5) is 4.39 Å². The van der Waals surface area contributed by atoms with E-state index in [1.807, 2.05) is 18.3 Å². The van der Waals surface area contributed by atoms with Gasteiger partial charge in [0.15, 0.2) is 11.5 Å². The summed E-state index contributed by atoms with van der Waals surface area (Å²) in [4.78, 5) is 4.65. The third-order valence-corrected chi connectivity index (χ3v) is 6.46. The van der Waals surface area contributed by atoms with Crippen molar-refractivity contribution >= 4 is 10.9 Å². The van der Waals surface area contributed by atoms with Crippen molar-refractivity contribution in [2.24, 2.45) is 5.73 Å². The van der Waals surface area contributed by atoms with Crippen molar-refractivity contribution in [3.8, 4) is 22.6 Å². The molecular weight excluding hydrogens is 431 g/mol. The van der Waals surface area contributed by atoms with Crippen LogP contribution in [0.2, 0.25) is 0 Å². The fraction of sp³-hybridized carbons (Fsp3) is 0.250. The lowest BCUT2D eigenvalue weighted by Crippen LogP contribution is -2.28. The second kappa shape index (κ2) is 9.41. The molecule has 4 aromatic rings. The maximum Gasteiger partial charge on any atom is 0.187 e. The summed E-state index contributed by atoms with van der Waals surface area (Å²) in [6, 6.07) is 18.8.